The summed E-state index contributed by atoms with van der Waals surface area (Å²) in [6.07, 6.45) is 3.28. The SMILES string of the molecule is CS(=O)(=O)N1CCc2cc(C(=O)N3CCCc4cccc(F)c43)ccc21. The van der Waals surface area contributed by atoms with E-state index in [-0.39, 0.29) is 11.7 Å². The lowest BCUT2D eigenvalue weighted by Crippen LogP contribution is -2.36. The zero-order chi connectivity index (χ0) is 18.5. The molecular weight excluding hydrogens is 355 g/mol. The van der Waals surface area contributed by atoms with Gasteiger partial charge >= 0.3 is 0 Å². The van der Waals surface area contributed by atoms with Crippen LogP contribution in [-0.2, 0) is 22.9 Å². The van der Waals surface area contributed by atoms with E-state index in [1.165, 1.54) is 21.5 Å². The standard InChI is InChI=1S/C19H19FN2O3S/c1-26(24,25)22-11-9-14-12-15(7-8-17(14)22)19(23)21-10-3-5-13-4-2-6-16(20)18(13)21/h2,4,6-8,12H,3,5,9-11H2,1H3. The van der Waals surface area contributed by atoms with E-state index in [0.29, 0.717) is 36.4 Å². The number of nitrogens with zero attached hydrogens (tertiary/aromatic N) is 2. The minimum atomic E-state index is -3.33. The van der Waals surface area contributed by atoms with Crippen molar-refractivity contribution >= 4 is 27.3 Å². The Kier molecular flexibility index (Phi) is 3.99. The van der Waals surface area contributed by atoms with E-state index in [1.807, 2.05) is 6.07 Å². The molecule has 2 aliphatic heterocycles. The molecule has 0 aromatic heterocycles. The van der Waals surface area contributed by atoms with Gasteiger partial charge in [-0.1, -0.05) is 12.1 Å². The Morgan fingerprint density at radius 2 is 1.88 bits per heavy atom. The Bertz CT molecular complexity index is 1000. The molecule has 1 amide bonds. The quantitative estimate of drug-likeness (QED) is 0.812. The van der Waals surface area contributed by atoms with Gasteiger partial charge < -0.3 is 4.90 Å². The maximum Gasteiger partial charge on any atom is 0.258 e. The molecule has 4 rings (SSSR count). The number of anilines is 2. The molecule has 0 bridgehead atoms. The molecule has 0 saturated carbocycles. The highest BCUT2D eigenvalue weighted by Crippen LogP contribution is 2.34. The number of carbonyl (C=O) groups excluding carboxylic acids is 1. The van der Waals surface area contributed by atoms with Crippen molar-refractivity contribution in [3.63, 3.8) is 0 Å². The number of carbonyl (C=O) groups is 1. The number of para-hydroxylation sites is 1. The van der Waals surface area contributed by atoms with Crippen LogP contribution >= 0.6 is 0 Å². The van der Waals surface area contributed by atoms with Gasteiger partial charge in [0.25, 0.3) is 5.91 Å². The first-order valence-corrected chi connectivity index (χ1v) is 10.4. The Balaban J connectivity index is 1.70. The fourth-order valence-electron chi connectivity index (χ4n) is 3.81. The third kappa shape index (κ3) is 2.76. The van der Waals surface area contributed by atoms with Crippen LogP contribution in [0, 0.1) is 5.82 Å². The van der Waals surface area contributed by atoms with E-state index in [4.69, 9.17) is 0 Å². The molecule has 0 fully saturated rings. The van der Waals surface area contributed by atoms with Crippen molar-refractivity contribution in [2.24, 2.45) is 0 Å². The van der Waals surface area contributed by atoms with Crippen molar-refractivity contribution in [1.29, 1.82) is 0 Å². The Hall–Kier alpha value is -2.41. The van der Waals surface area contributed by atoms with Crippen molar-refractivity contribution in [3.8, 4) is 0 Å². The fourth-order valence-corrected chi connectivity index (χ4v) is 4.77. The first-order chi connectivity index (χ1) is 12.4. The normalized spacial score (nSPS) is 16.4. The van der Waals surface area contributed by atoms with Crippen LogP contribution in [0.1, 0.15) is 27.9 Å². The summed E-state index contributed by atoms with van der Waals surface area (Å²) in [5.41, 5.74) is 3.10. The molecule has 2 aromatic rings. The van der Waals surface area contributed by atoms with Gasteiger partial charge in [0.1, 0.15) is 5.82 Å². The first-order valence-electron chi connectivity index (χ1n) is 8.56. The van der Waals surface area contributed by atoms with Crippen LogP contribution < -0.4 is 9.21 Å². The highest BCUT2D eigenvalue weighted by molar-refractivity contribution is 7.92. The second kappa shape index (κ2) is 6.09. The second-order valence-corrected chi connectivity index (χ2v) is 8.64. The number of rotatable bonds is 2. The summed E-state index contributed by atoms with van der Waals surface area (Å²) in [5, 5.41) is 0. The van der Waals surface area contributed by atoms with Gasteiger partial charge in [-0.2, -0.15) is 0 Å². The predicted molar refractivity (Wildman–Crippen MR) is 98.7 cm³/mol. The van der Waals surface area contributed by atoms with Crippen LogP contribution in [0.5, 0.6) is 0 Å². The second-order valence-electron chi connectivity index (χ2n) is 6.74. The number of benzene rings is 2. The number of aryl methyl sites for hydroxylation is 1. The highest BCUT2D eigenvalue weighted by atomic mass is 32.2. The summed E-state index contributed by atoms with van der Waals surface area (Å²) in [6, 6.07) is 9.92. The molecule has 0 unspecified atom stereocenters. The number of amides is 1. The smallest absolute Gasteiger partial charge is 0.258 e. The van der Waals surface area contributed by atoms with E-state index < -0.39 is 10.0 Å². The lowest BCUT2D eigenvalue weighted by molar-refractivity contribution is 0.0984. The molecule has 0 spiro atoms. The van der Waals surface area contributed by atoms with E-state index >= 15 is 0 Å². The van der Waals surface area contributed by atoms with Gasteiger partial charge in [-0.3, -0.25) is 9.10 Å². The van der Waals surface area contributed by atoms with Crippen molar-refractivity contribution in [2.45, 2.75) is 19.3 Å². The minimum Gasteiger partial charge on any atom is -0.305 e. The van der Waals surface area contributed by atoms with Crippen molar-refractivity contribution < 1.29 is 17.6 Å². The molecule has 0 radical (unpaired) electrons. The molecule has 0 N–H and O–H groups in total. The summed E-state index contributed by atoms with van der Waals surface area (Å²) < 4.78 is 39.4. The molecule has 0 aliphatic carbocycles. The van der Waals surface area contributed by atoms with E-state index in [1.54, 1.807) is 24.3 Å². The zero-order valence-electron chi connectivity index (χ0n) is 14.4. The molecule has 7 heteroatoms. The van der Waals surface area contributed by atoms with E-state index in [9.17, 15) is 17.6 Å². The average molecular weight is 374 g/mol. The monoisotopic (exact) mass is 374 g/mol. The summed E-state index contributed by atoms with van der Waals surface area (Å²) in [5.74, 6) is -0.642. The summed E-state index contributed by atoms with van der Waals surface area (Å²) >= 11 is 0. The molecule has 0 saturated heterocycles. The van der Waals surface area contributed by atoms with E-state index in [0.717, 1.165) is 24.0 Å². The largest absolute Gasteiger partial charge is 0.305 e. The van der Waals surface area contributed by atoms with Crippen LogP contribution in [0.3, 0.4) is 0 Å². The lowest BCUT2D eigenvalue weighted by atomic mass is 9.99. The highest BCUT2D eigenvalue weighted by Gasteiger charge is 2.30. The average Bonchev–Trinajstić information content (AvgIpc) is 3.04. The Labute approximate surface area is 152 Å². The van der Waals surface area contributed by atoms with Crippen LogP contribution in [0.25, 0.3) is 0 Å². The minimum absolute atomic E-state index is 0.253. The topological polar surface area (TPSA) is 57.7 Å². The van der Waals surface area contributed by atoms with Crippen LogP contribution in [0.15, 0.2) is 36.4 Å². The lowest BCUT2D eigenvalue weighted by Gasteiger charge is -2.30. The summed E-state index contributed by atoms with van der Waals surface area (Å²) in [4.78, 5) is 14.5. The third-order valence-electron chi connectivity index (χ3n) is 4.99. The number of halogens is 1. The van der Waals surface area contributed by atoms with Gasteiger partial charge in [0.15, 0.2) is 0 Å². The van der Waals surface area contributed by atoms with Gasteiger partial charge in [-0.25, -0.2) is 12.8 Å². The molecule has 26 heavy (non-hydrogen) atoms. The number of hydrogen-bond acceptors (Lipinski definition) is 3. The predicted octanol–water partition coefficient (Wildman–Crippen LogP) is 2.74. The van der Waals surface area contributed by atoms with Crippen LogP contribution in [0.4, 0.5) is 15.8 Å². The molecule has 2 aromatic carbocycles. The number of hydrogen-bond donors (Lipinski definition) is 0. The van der Waals surface area contributed by atoms with Gasteiger partial charge in [0.2, 0.25) is 10.0 Å². The third-order valence-corrected chi connectivity index (χ3v) is 6.17. The molecule has 136 valence electrons. The fraction of sp³-hybridized carbons (Fsp3) is 0.316. The molecule has 5 nitrogen and oxygen atoms in total. The first kappa shape index (κ1) is 17.0. The number of sulfonamides is 1. The Morgan fingerprint density at radius 3 is 2.65 bits per heavy atom. The van der Waals surface area contributed by atoms with Crippen LogP contribution in [0.2, 0.25) is 0 Å². The van der Waals surface area contributed by atoms with Crippen molar-refractivity contribution in [1.82, 2.24) is 0 Å². The van der Waals surface area contributed by atoms with Gasteiger partial charge in [-0.05, 0) is 54.7 Å². The maximum absolute atomic E-state index is 14.3. The van der Waals surface area contributed by atoms with Gasteiger partial charge in [0, 0.05) is 18.7 Å². The van der Waals surface area contributed by atoms with Crippen molar-refractivity contribution in [3.05, 3.63) is 58.9 Å². The van der Waals surface area contributed by atoms with Gasteiger partial charge in [0.05, 0.1) is 17.6 Å². The van der Waals surface area contributed by atoms with E-state index in [2.05, 4.69) is 0 Å². The van der Waals surface area contributed by atoms with Crippen LogP contribution in [-0.4, -0.2) is 33.7 Å². The molecule has 2 aliphatic rings. The molecular formula is C19H19FN2O3S. The molecule has 0 atom stereocenters. The summed E-state index contributed by atoms with van der Waals surface area (Å²) in [7, 11) is -3.33. The summed E-state index contributed by atoms with van der Waals surface area (Å²) in [6.45, 7) is 0.853. The molecule has 2 heterocycles. The van der Waals surface area contributed by atoms with Gasteiger partial charge in [-0.15, -0.1) is 0 Å². The van der Waals surface area contributed by atoms with Crippen molar-refractivity contribution in [2.75, 3.05) is 28.6 Å². The Morgan fingerprint density at radius 1 is 1.08 bits per heavy atom. The maximum atomic E-state index is 14.3. The zero-order valence-corrected chi connectivity index (χ0v) is 15.2. The number of fused-ring (bicyclic) bond motifs is 2.